The minimum atomic E-state index is -0.462. The smallest absolute Gasteiger partial charge is 0.310 e. The highest BCUT2D eigenvalue weighted by Gasteiger charge is 2.64. The van der Waals surface area contributed by atoms with E-state index in [1.165, 1.54) is 0 Å². The molecule has 5 atom stereocenters. The van der Waals surface area contributed by atoms with Crippen LogP contribution in [0.4, 0.5) is 5.69 Å². The minimum absolute atomic E-state index is 0.0164. The molecule has 2 aliphatic carbocycles. The number of ether oxygens (including phenoxy) is 2. The summed E-state index contributed by atoms with van der Waals surface area (Å²) < 4.78 is 11.4. The van der Waals surface area contributed by atoms with E-state index in [0.717, 1.165) is 17.3 Å². The third-order valence-corrected chi connectivity index (χ3v) is 5.76. The van der Waals surface area contributed by atoms with Gasteiger partial charge in [-0.1, -0.05) is 15.9 Å². The average molecular weight is 394 g/mol. The minimum Gasteiger partial charge on any atom is -0.462 e. The number of carbonyl (C=O) groups is 3. The fourth-order valence-corrected chi connectivity index (χ4v) is 4.55. The normalized spacial score (nSPS) is 32.5. The number of nitrogens with one attached hydrogen (secondary N) is 1. The van der Waals surface area contributed by atoms with Crippen molar-refractivity contribution < 1.29 is 23.9 Å². The Balaban J connectivity index is 1.33. The molecular weight excluding hydrogens is 378 g/mol. The van der Waals surface area contributed by atoms with Crippen LogP contribution in [0.25, 0.3) is 0 Å². The van der Waals surface area contributed by atoms with Crippen molar-refractivity contribution in [2.75, 3.05) is 11.9 Å². The van der Waals surface area contributed by atoms with E-state index in [-0.39, 0.29) is 36.4 Å². The second kappa shape index (κ2) is 5.88. The lowest BCUT2D eigenvalue weighted by Gasteiger charge is -2.22. The molecule has 0 unspecified atom stereocenters. The fourth-order valence-electron chi connectivity index (χ4n) is 4.29. The summed E-state index contributed by atoms with van der Waals surface area (Å²) in [7, 11) is 0. The van der Waals surface area contributed by atoms with Gasteiger partial charge in [0.1, 0.15) is 6.10 Å². The molecule has 7 heteroatoms. The molecule has 0 spiro atoms. The monoisotopic (exact) mass is 393 g/mol. The Bertz CT molecular complexity index is 701. The molecule has 126 valence electrons. The lowest BCUT2D eigenvalue weighted by molar-refractivity contribution is -0.157. The number of hydrogen-bond acceptors (Lipinski definition) is 5. The molecule has 4 rings (SSSR count). The summed E-state index contributed by atoms with van der Waals surface area (Å²) >= 11 is 3.32. The molecule has 1 heterocycles. The van der Waals surface area contributed by atoms with Gasteiger partial charge in [-0.25, -0.2) is 0 Å². The Morgan fingerprint density at radius 3 is 2.75 bits per heavy atom. The van der Waals surface area contributed by atoms with Crippen LogP contribution in [0.2, 0.25) is 0 Å². The van der Waals surface area contributed by atoms with Crippen molar-refractivity contribution in [2.24, 2.45) is 23.7 Å². The number of halogens is 1. The van der Waals surface area contributed by atoms with Crippen LogP contribution in [-0.4, -0.2) is 30.6 Å². The second-order valence-corrected chi connectivity index (χ2v) is 7.50. The molecule has 24 heavy (non-hydrogen) atoms. The zero-order valence-electron chi connectivity index (χ0n) is 12.7. The highest BCUT2D eigenvalue weighted by molar-refractivity contribution is 9.10. The van der Waals surface area contributed by atoms with Gasteiger partial charge in [-0.2, -0.15) is 0 Å². The number of esters is 2. The van der Waals surface area contributed by atoms with Gasteiger partial charge in [-0.15, -0.1) is 0 Å². The SMILES string of the molecule is O=C(COC(=O)[C@H]1[C@@H]2C[C@@H]3[C@@H]1C(=O)O[C@@H]3C2)Nc1ccc(Br)cc1. The zero-order chi connectivity index (χ0) is 16.8. The van der Waals surface area contributed by atoms with Crippen LogP contribution in [0.5, 0.6) is 0 Å². The predicted molar refractivity (Wildman–Crippen MR) is 86.8 cm³/mol. The van der Waals surface area contributed by atoms with Crippen LogP contribution in [-0.2, 0) is 23.9 Å². The Labute approximate surface area is 147 Å². The Kier molecular flexibility index (Phi) is 3.83. The van der Waals surface area contributed by atoms with Gasteiger partial charge >= 0.3 is 11.9 Å². The van der Waals surface area contributed by atoms with E-state index >= 15 is 0 Å². The van der Waals surface area contributed by atoms with Crippen LogP contribution >= 0.6 is 15.9 Å². The molecule has 3 aliphatic rings. The molecule has 1 aliphatic heterocycles. The number of anilines is 1. The van der Waals surface area contributed by atoms with E-state index in [1.807, 2.05) is 0 Å². The molecule has 1 N–H and O–H groups in total. The largest absolute Gasteiger partial charge is 0.462 e. The molecule has 1 aromatic carbocycles. The molecule has 3 fully saturated rings. The van der Waals surface area contributed by atoms with Crippen molar-refractivity contribution in [2.45, 2.75) is 18.9 Å². The predicted octanol–water partition coefficient (Wildman–Crippen LogP) is 2.13. The number of benzene rings is 1. The van der Waals surface area contributed by atoms with Gasteiger partial charge in [0.2, 0.25) is 0 Å². The first-order valence-corrected chi connectivity index (χ1v) is 8.75. The molecule has 2 bridgehead atoms. The van der Waals surface area contributed by atoms with Gasteiger partial charge in [0.05, 0.1) is 11.8 Å². The van der Waals surface area contributed by atoms with Crippen molar-refractivity contribution >= 4 is 39.5 Å². The van der Waals surface area contributed by atoms with E-state index in [1.54, 1.807) is 24.3 Å². The van der Waals surface area contributed by atoms with Crippen LogP contribution in [0, 0.1) is 23.7 Å². The Morgan fingerprint density at radius 2 is 2.00 bits per heavy atom. The highest BCUT2D eigenvalue weighted by Crippen LogP contribution is 2.57. The maximum Gasteiger partial charge on any atom is 0.310 e. The third kappa shape index (κ3) is 2.60. The van der Waals surface area contributed by atoms with E-state index in [9.17, 15) is 14.4 Å². The molecular formula is C17H16BrNO5. The lowest BCUT2D eigenvalue weighted by atomic mass is 9.80. The van der Waals surface area contributed by atoms with Crippen molar-refractivity contribution in [3.8, 4) is 0 Å². The van der Waals surface area contributed by atoms with Crippen molar-refractivity contribution in [1.82, 2.24) is 0 Å². The lowest BCUT2D eigenvalue weighted by Crippen LogP contribution is -2.34. The van der Waals surface area contributed by atoms with E-state index in [4.69, 9.17) is 9.47 Å². The number of amides is 1. The number of carbonyl (C=O) groups excluding carboxylic acids is 3. The summed E-state index contributed by atoms with van der Waals surface area (Å²) in [5, 5.41) is 2.66. The first-order valence-electron chi connectivity index (χ1n) is 7.95. The van der Waals surface area contributed by atoms with Gasteiger partial charge in [0, 0.05) is 16.1 Å². The van der Waals surface area contributed by atoms with Crippen LogP contribution in [0.3, 0.4) is 0 Å². The average Bonchev–Trinajstić information content (AvgIpc) is 3.16. The zero-order valence-corrected chi connectivity index (χ0v) is 14.3. The number of hydrogen-bond donors (Lipinski definition) is 1. The Morgan fingerprint density at radius 1 is 1.25 bits per heavy atom. The van der Waals surface area contributed by atoms with Gasteiger partial charge in [0.25, 0.3) is 5.91 Å². The summed E-state index contributed by atoms with van der Waals surface area (Å²) in [6, 6.07) is 7.10. The molecule has 1 saturated heterocycles. The van der Waals surface area contributed by atoms with Crippen molar-refractivity contribution in [3.63, 3.8) is 0 Å². The Hall–Kier alpha value is -1.89. The fraction of sp³-hybridized carbons (Fsp3) is 0.471. The van der Waals surface area contributed by atoms with Gasteiger partial charge < -0.3 is 14.8 Å². The van der Waals surface area contributed by atoms with Crippen molar-refractivity contribution in [3.05, 3.63) is 28.7 Å². The second-order valence-electron chi connectivity index (χ2n) is 6.59. The summed E-state index contributed by atoms with van der Waals surface area (Å²) in [6.45, 7) is -0.353. The summed E-state index contributed by atoms with van der Waals surface area (Å²) in [6.07, 6.45) is 1.56. The number of fused-ring (bicyclic) bond motifs is 1. The summed E-state index contributed by atoms with van der Waals surface area (Å²) in [4.78, 5) is 36.2. The van der Waals surface area contributed by atoms with Crippen LogP contribution in [0.15, 0.2) is 28.7 Å². The number of rotatable bonds is 4. The van der Waals surface area contributed by atoms with E-state index < -0.39 is 17.8 Å². The van der Waals surface area contributed by atoms with Crippen molar-refractivity contribution in [1.29, 1.82) is 0 Å². The topological polar surface area (TPSA) is 81.7 Å². The molecule has 0 radical (unpaired) electrons. The summed E-state index contributed by atoms with van der Waals surface area (Å²) in [5.74, 6) is -1.70. The first-order chi connectivity index (χ1) is 11.5. The molecule has 1 aromatic rings. The maximum absolute atomic E-state index is 12.4. The van der Waals surface area contributed by atoms with Gasteiger partial charge in [-0.3, -0.25) is 14.4 Å². The quantitative estimate of drug-likeness (QED) is 0.792. The standard InChI is InChI=1S/C17H16BrNO5/c18-9-1-3-10(4-2-9)19-13(20)7-23-16(21)14-8-5-11-12(6-8)24-17(22)15(11)14/h1-4,8,11-12,14-15H,5-7H2,(H,19,20)/t8-,11+,12-,14+,15+/m1/s1. The molecule has 1 amide bonds. The molecule has 2 saturated carbocycles. The van der Waals surface area contributed by atoms with E-state index in [0.29, 0.717) is 5.69 Å². The van der Waals surface area contributed by atoms with Crippen LogP contribution < -0.4 is 5.32 Å². The molecule has 6 nitrogen and oxygen atoms in total. The van der Waals surface area contributed by atoms with E-state index in [2.05, 4.69) is 21.2 Å². The van der Waals surface area contributed by atoms with Gasteiger partial charge in [0.15, 0.2) is 6.61 Å². The summed E-state index contributed by atoms with van der Waals surface area (Å²) in [5.41, 5.74) is 0.626. The first kappa shape index (κ1) is 15.6. The third-order valence-electron chi connectivity index (χ3n) is 5.23. The highest BCUT2D eigenvalue weighted by atomic mass is 79.9. The molecule has 0 aromatic heterocycles. The van der Waals surface area contributed by atoms with Gasteiger partial charge in [-0.05, 0) is 43.0 Å². The maximum atomic E-state index is 12.4. The van der Waals surface area contributed by atoms with Crippen LogP contribution in [0.1, 0.15) is 12.8 Å².